The molecule has 1 aromatic carbocycles. The highest BCUT2D eigenvalue weighted by Crippen LogP contribution is 2.37. The van der Waals surface area contributed by atoms with Crippen molar-refractivity contribution in [3.8, 4) is 0 Å². The Kier molecular flexibility index (Phi) is 7.99. The van der Waals surface area contributed by atoms with Crippen molar-refractivity contribution >= 4 is 11.7 Å². The van der Waals surface area contributed by atoms with Gasteiger partial charge in [0, 0.05) is 61.9 Å². The summed E-state index contributed by atoms with van der Waals surface area (Å²) in [6, 6.07) is 5.21. The third-order valence-electron chi connectivity index (χ3n) is 6.99. The van der Waals surface area contributed by atoms with Gasteiger partial charge in [-0.15, -0.1) is 0 Å². The summed E-state index contributed by atoms with van der Waals surface area (Å²) in [6.45, 7) is 11.8. The summed E-state index contributed by atoms with van der Waals surface area (Å²) < 4.78 is 26.7. The Morgan fingerprint density at radius 3 is 2.43 bits per heavy atom. The molecule has 1 aliphatic heterocycles. The first-order valence-corrected chi connectivity index (χ1v) is 12.8. The second kappa shape index (κ2) is 11.0. The maximum Gasteiger partial charge on any atom is 0.254 e. The molecular weight excluding hydrogens is 448 g/mol. The third kappa shape index (κ3) is 6.54. The molecule has 1 aromatic heterocycles. The van der Waals surface area contributed by atoms with Gasteiger partial charge in [0.15, 0.2) is 0 Å². The van der Waals surface area contributed by atoms with Gasteiger partial charge in [0.05, 0.1) is 5.56 Å². The van der Waals surface area contributed by atoms with E-state index in [4.69, 9.17) is 9.97 Å². The molecule has 8 heteroatoms. The average Bonchev–Trinajstić information content (AvgIpc) is 2.77. The fraction of sp³-hybridized carbons (Fsp3) is 0.593. The van der Waals surface area contributed by atoms with Gasteiger partial charge in [-0.05, 0) is 44.4 Å². The molecule has 6 nitrogen and oxygen atoms in total. The lowest BCUT2D eigenvalue weighted by Gasteiger charge is -2.36. The Morgan fingerprint density at radius 2 is 1.80 bits per heavy atom. The number of hydrogen-bond donors (Lipinski definition) is 1. The second-order valence-corrected chi connectivity index (χ2v) is 10.8. The van der Waals surface area contributed by atoms with E-state index in [1.54, 1.807) is 0 Å². The number of benzene rings is 1. The summed E-state index contributed by atoms with van der Waals surface area (Å²) in [6.07, 6.45) is 5.50. The van der Waals surface area contributed by atoms with Crippen LogP contribution in [-0.4, -0.2) is 60.0 Å². The standard InChI is InChI=1S/C27H37F2N5O/c1-27(2,3)26-31-23(19-7-6-8-19)18-24(32-26)34-15-13-33(14-16-34)12-5-4-11-30-25(35)21-10-9-20(28)17-22(21)29/h9-10,17-19H,4-8,11-16H2,1-3H3,(H,30,35). The van der Waals surface area contributed by atoms with Crippen molar-refractivity contribution in [2.45, 2.75) is 64.2 Å². The van der Waals surface area contributed by atoms with Gasteiger partial charge in [0.2, 0.25) is 0 Å². The quantitative estimate of drug-likeness (QED) is 0.552. The number of piperazine rings is 1. The zero-order chi connectivity index (χ0) is 25.0. The van der Waals surface area contributed by atoms with Crippen LogP contribution in [0.4, 0.5) is 14.6 Å². The van der Waals surface area contributed by atoms with Crippen LogP contribution >= 0.6 is 0 Å². The Labute approximate surface area is 207 Å². The number of carbonyl (C=O) groups excluding carboxylic acids is 1. The van der Waals surface area contributed by atoms with E-state index in [1.165, 1.54) is 31.0 Å². The van der Waals surface area contributed by atoms with Crippen LogP contribution in [0.15, 0.2) is 24.3 Å². The van der Waals surface area contributed by atoms with Gasteiger partial charge in [0.25, 0.3) is 5.91 Å². The van der Waals surface area contributed by atoms with Crippen molar-refractivity contribution in [1.82, 2.24) is 20.2 Å². The maximum absolute atomic E-state index is 13.7. The maximum atomic E-state index is 13.7. The van der Waals surface area contributed by atoms with Crippen LogP contribution in [0, 0.1) is 11.6 Å². The van der Waals surface area contributed by atoms with Crippen LogP contribution in [0.25, 0.3) is 0 Å². The third-order valence-corrected chi connectivity index (χ3v) is 6.99. The van der Waals surface area contributed by atoms with E-state index >= 15 is 0 Å². The summed E-state index contributed by atoms with van der Waals surface area (Å²) in [5, 5.41) is 2.72. The summed E-state index contributed by atoms with van der Waals surface area (Å²) in [4.78, 5) is 26.8. The van der Waals surface area contributed by atoms with Crippen LogP contribution in [0.5, 0.6) is 0 Å². The molecule has 1 aliphatic carbocycles. The number of amides is 1. The van der Waals surface area contributed by atoms with E-state index in [-0.39, 0.29) is 11.0 Å². The van der Waals surface area contributed by atoms with E-state index in [0.717, 1.165) is 69.3 Å². The monoisotopic (exact) mass is 485 g/mol. The van der Waals surface area contributed by atoms with Gasteiger partial charge in [-0.3, -0.25) is 9.69 Å². The zero-order valence-corrected chi connectivity index (χ0v) is 21.1. The van der Waals surface area contributed by atoms with Crippen molar-refractivity contribution in [2.75, 3.05) is 44.2 Å². The molecule has 0 atom stereocenters. The first-order valence-electron chi connectivity index (χ1n) is 12.8. The predicted octanol–water partition coefficient (Wildman–Crippen LogP) is 4.65. The molecule has 190 valence electrons. The summed E-state index contributed by atoms with van der Waals surface area (Å²) in [5.41, 5.74) is 1.01. The molecule has 0 unspecified atom stereocenters. The highest BCUT2D eigenvalue weighted by atomic mass is 19.1. The minimum Gasteiger partial charge on any atom is -0.354 e. The van der Waals surface area contributed by atoms with Crippen LogP contribution in [0.1, 0.15) is 80.7 Å². The molecule has 4 rings (SSSR count). The minimum absolute atomic E-state index is 0.0752. The largest absolute Gasteiger partial charge is 0.354 e. The SMILES string of the molecule is CC(C)(C)c1nc(C2CCC2)cc(N2CCN(CCCCNC(=O)c3ccc(F)cc3F)CC2)n1. The number of nitrogens with zero attached hydrogens (tertiary/aromatic N) is 4. The van der Waals surface area contributed by atoms with Gasteiger partial charge in [0.1, 0.15) is 23.3 Å². The molecule has 2 aliphatic rings. The van der Waals surface area contributed by atoms with Crippen LogP contribution in [0.3, 0.4) is 0 Å². The molecule has 0 bridgehead atoms. The Morgan fingerprint density at radius 1 is 1.06 bits per heavy atom. The fourth-order valence-electron chi connectivity index (χ4n) is 4.49. The number of rotatable bonds is 8. The van der Waals surface area contributed by atoms with Crippen LogP contribution < -0.4 is 10.2 Å². The molecule has 0 radical (unpaired) electrons. The summed E-state index contributed by atoms with van der Waals surface area (Å²) >= 11 is 0. The lowest BCUT2D eigenvalue weighted by Crippen LogP contribution is -2.47. The molecule has 1 N–H and O–H groups in total. The van der Waals surface area contributed by atoms with E-state index in [0.29, 0.717) is 12.5 Å². The number of hydrogen-bond acceptors (Lipinski definition) is 5. The van der Waals surface area contributed by atoms with Gasteiger partial charge >= 0.3 is 0 Å². The van der Waals surface area contributed by atoms with Gasteiger partial charge in [-0.2, -0.15) is 0 Å². The molecule has 1 saturated carbocycles. The van der Waals surface area contributed by atoms with Crippen molar-refractivity contribution in [3.05, 3.63) is 53.0 Å². The molecule has 2 fully saturated rings. The summed E-state index contributed by atoms with van der Waals surface area (Å²) in [7, 11) is 0. The number of unbranched alkanes of at least 4 members (excludes halogenated alkanes) is 1. The molecule has 0 spiro atoms. The van der Waals surface area contributed by atoms with Gasteiger partial charge < -0.3 is 10.2 Å². The highest BCUT2D eigenvalue weighted by molar-refractivity contribution is 5.94. The Hall–Kier alpha value is -2.61. The second-order valence-electron chi connectivity index (χ2n) is 10.8. The first kappa shape index (κ1) is 25.5. The topological polar surface area (TPSA) is 61.4 Å². The number of aromatic nitrogens is 2. The average molecular weight is 486 g/mol. The predicted molar refractivity (Wildman–Crippen MR) is 134 cm³/mol. The van der Waals surface area contributed by atoms with Gasteiger partial charge in [-0.1, -0.05) is 27.2 Å². The number of nitrogens with one attached hydrogen (secondary N) is 1. The van der Waals surface area contributed by atoms with Crippen molar-refractivity contribution in [1.29, 1.82) is 0 Å². The van der Waals surface area contributed by atoms with E-state index in [2.05, 4.69) is 42.0 Å². The lowest BCUT2D eigenvalue weighted by atomic mass is 9.82. The van der Waals surface area contributed by atoms with Crippen LogP contribution in [0.2, 0.25) is 0 Å². The lowest BCUT2D eigenvalue weighted by molar-refractivity contribution is 0.0948. The Bertz CT molecular complexity index is 1030. The van der Waals surface area contributed by atoms with Crippen LogP contribution in [-0.2, 0) is 5.41 Å². The molecule has 1 amide bonds. The molecular formula is C27H37F2N5O. The summed E-state index contributed by atoms with van der Waals surface area (Å²) in [5.74, 6) is 0.547. The van der Waals surface area contributed by atoms with Gasteiger partial charge in [-0.25, -0.2) is 18.7 Å². The fourth-order valence-corrected chi connectivity index (χ4v) is 4.49. The number of halogens is 2. The van der Waals surface area contributed by atoms with Crippen molar-refractivity contribution < 1.29 is 13.6 Å². The first-order chi connectivity index (χ1) is 16.7. The molecule has 2 heterocycles. The van der Waals surface area contributed by atoms with Crippen molar-refractivity contribution in [2.24, 2.45) is 0 Å². The van der Waals surface area contributed by atoms with E-state index < -0.39 is 17.5 Å². The molecule has 35 heavy (non-hydrogen) atoms. The minimum atomic E-state index is -0.835. The van der Waals surface area contributed by atoms with E-state index in [9.17, 15) is 13.6 Å². The number of anilines is 1. The van der Waals surface area contributed by atoms with E-state index in [1.807, 2.05) is 0 Å². The number of carbonyl (C=O) groups is 1. The van der Waals surface area contributed by atoms with Crippen molar-refractivity contribution in [3.63, 3.8) is 0 Å². The Balaban J connectivity index is 1.22. The normalized spacial score (nSPS) is 17.3. The smallest absolute Gasteiger partial charge is 0.254 e. The zero-order valence-electron chi connectivity index (χ0n) is 21.1. The molecule has 1 saturated heterocycles. The highest BCUT2D eigenvalue weighted by Gasteiger charge is 2.27. The molecule has 2 aromatic rings.